The van der Waals surface area contributed by atoms with Crippen LogP contribution in [-0.2, 0) is 12.6 Å². The molecule has 118 valence electrons. The molecule has 5 heteroatoms. The van der Waals surface area contributed by atoms with Gasteiger partial charge in [0.15, 0.2) is 0 Å². The zero-order valence-corrected chi connectivity index (χ0v) is 13.8. The molecule has 2 rings (SSSR count). The smallest absolute Gasteiger partial charge is 0.385 e. The quantitative estimate of drug-likeness (QED) is 0.652. The molecule has 0 aliphatic heterocycles. The molecule has 0 aliphatic rings. The van der Waals surface area contributed by atoms with Crippen LogP contribution in [-0.4, -0.2) is 6.54 Å². The molecule has 2 aromatic carbocycles. The third-order valence-corrected chi connectivity index (χ3v) is 3.90. The van der Waals surface area contributed by atoms with Crippen molar-refractivity contribution in [3.8, 4) is 0 Å². The molecule has 0 radical (unpaired) electrons. The molecule has 0 saturated carbocycles. The molecular weight excluding hydrogens is 355 g/mol. The summed E-state index contributed by atoms with van der Waals surface area (Å²) in [6.45, 7) is 2.10. The summed E-state index contributed by atoms with van der Waals surface area (Å²) in [7, 11) is 0. The van der Waals surface area contributed by atoms with E-state index in [2.05, 4.69) is 21.2 Å². The Morgan fingerprint density at radius 1 is 1.09 bits per heavy atom. The second-order valence-corrected chi connectivity index (χ2v) is 6.10. The van der Waals surface area contributed by atoms with Crippen molar-refractivity contribution in [1.82, 2.24) is 0 Å². The zero-order valence-electron chi connectivity index (χ0n) is 12.2. The first-order chi connectivity index (χ1) is 10.4. The number of rotatable bonds is 5. The van der Waals surface area contributed by atoms with Crippen molar-refractivity contribution < 1.29 is 13.2 Å². The molecule has 0 aromatic heterocycles. The van der Waals surface area contributed by atoms with Crippen LogP contribution in [0.15, 0.2) is 46.9 Å². The van der Waals surface area contributed by atoms with Crippen LogP contribution in [0.5, 0.6) is 0 Å². The molecule has 0 aliphatic carbocycles. The van der Waals surface area contributed by atoms with Crippen LogP contribution < -0.4 is 5.32 Å². The second-order valence-electron chi connectivity index (χ2n) is 5.19. The molecular formula is C17H17BrF3N. The van der Waals surface area contributed by atoms with E-state index < -0.39 is 11.7 Å². The molecule has 0 amide bonds. The van der Waals surface area contributed by atoms with Gasteiger partial charge in [-0.25, -0.2) is 0 Å². The Balaban J connectivity index is 1.90. The Morgan fingerprint density at radius 2 is 1.86 bits per heavy atom. The lowest BCUT2D eigenvalue weighted by atomic mass is 10.1. The number of alkyl halides is 3. The number of halogens is 4. The van der Waals surface area contributed by atoms with Crippen LogP contribution in [0.25, 0.3) is 0 Å². The molecule has 0 heterocycles. The molecule has 0 spiro atoms. The lowest BCUT2D eigenvalue weighted by Crippen LogP contribution is -2.09. The van der Waals surface area contributed by atoms with Gasteiger partial charge < -0.3 is 5.32 Å². The Kier molecular flexibility index (Phi) is 5.51. The molecule has 22 heavy (non-hydrogen) atoms. The van der Waals surface area contributed by atoms with Gasteiger partial charge in [-0.05, 0) is 55.2 Å². The Hall–Kier alpha value is -1.49. The summed E-state index contributed by atoms with van der Waals surface area (Å²) in [5.74, 6) is 0. The highest BCUT2D eigenvalue weighted by molar-refractivity contribution is 9.10. The van der Waals surface area contributed by atoms with Crippen LogP contribution in [0.4, 0.5) is 18.9 Å². The second kappa shape index (κ2) is 7.18. The summed E-state index contributed by atoms with van der Waals surface area (Å²) in [4.78, 5) is 0. The van der Waals surface area contributed by atoms with E-state index in [1.165, 1.54) is 24.6 Å². The normalized spacial score (nSPS) is 11.5. The predicted octanol–water partition coefficient (Wildman–Crippen LogP) is 5.82. The fourth-order valence-corrected chi connectivity index (χ4v) is 2.70. The third kappa shape index (κ3) is 4.77. The standard InChI is InChI=1S/C17H17BrF3N/c1-12-7-8-15(11-16(12)17(19,20)21)22-9-3-5-13-4-2-6-14(18)10-13/h2,4,6-8,10-11,22H,3,5,9H2,1H3. The number of hydrogen-bond donors (Lipinski definition) is 1. The third-order valence-electron chi connectivity index (χ3n) is 3.40. The van der Waals surface area contributed by atoms with Crippen molar-refractivity contribution in [3.05, 3.63) is 63.6 Å². The Morgan fingerprint density at radius 3 is 2.55 bits per heavy atom. The summed E-state index contributed by atoms with van der Waals surface area (Å²) in [5, 5.41) is 3.06. The molecule has 1 nitrogen and oxygen atoms in total. The van der Waals surface area contributed by atoms with E-state index in [1.807, 2.05) is 24.3 Å². The fourth-order valence-electron chi connectivity index (χ4n) is 2.26. The van der Waals surface area contributed by atoms with Gasteiger partial charge in [0.25, 0.3) is 0 Å². The number of anilines is 1. The van der Waals surface area contributed by atoms with Gasteiger partial charge in [0.2, 0.25) is 0 Å². The summed E-state index contributed by atoms with van der Waals surface area (Å²) in [5.41, 5.74) is 1.37. The first-order valence-electron chi connectivity index (χ1n) is 7.02. The van der Waals surface area contributed by atoms with E-state index >= 15 is 0 Å². The van der Waals surface area contributed by atoms with Crippen LogP contribution in [0.1, 0.15) is 23.1 Å². The van der Waals surface area contributed by atoms with Crippen molar-refractivity contribution >= 4 is 21.6 Å². The molecule has 0 fully saturated rings. The largest absolute Gasteiger partial charge is 0.416 e. The van der Waals surface area contributed by atoms with Crippen LogP contribution in [0, 0.1) is 6.92 Å². The summed E-state index contributed by atoms with van der Waals surface area (Å²) >= 11 is 3.42. The first kappa shape index (κ1) is 16.9. The molecule has 1 N–H and O–H groups in total. The number of benzene rings is 2. The van der Waals surface area contributed by atoms with Crippen molar-refractivity contribution in [2.24, 2.45) is 0 Å². The van der Waals surface area contributed by atoms with Gasteiger partial charge >= 0.3 is 6.18 Å². The van der Waals surface area contributed by atoms with Gasteiger partial charge in [0.1, 0.15) is 0 Å². The molecule has 0 bridgehead atoms. The van der Waals surface area contributed by atoms with Gasteiger partial charge in [0, 0.05) is 16.7 Å². The van der Waals surface area contributed by atoms with Crippen LogP contribution >= 0.6 is 15.9 Å². The monoisotopic (exact) mass is 371 g/mol. The van der Waals surface area contributed by atoms with E-state index in [9.17, 15) is 13.2 Å². The van der Waals surface area contributed by atoms with Gasteiger partial charge in [-0.2, -0.15) is 13.2 Å². The highest BCUT2D eigenvalue weighted by atomic mass is 79.9. The van der Waals surface area contributed by atoms with E-state index in [1.54, 1.807) is 6.07 Å². The number of nitrogens with one attached hydrogen (secondary N) is 1. The number of hydrogen-bond acceptors (Lipinski definition) is 1. The molecule has 0 unspecified atom stereocenters. The fraction of sp³-hybridized carbons (Fsp3) is 0.294. The SMILES string of the molecule is Cc1ccc(NCCCc2cccc(Br)c2)cc1C(F)(F)F. The first-order valence-corrected chi connectivity index (χ1v) is 7.82. The predicted molar refractivity (Wildman–Crippen MR) is 87.1 cm³/mol. The van der Waals surface area contributed by atoms with E-state index in [-0.39, 0.29) is 5.56 Å². The average Bonchev–Trinajstić information content (AvgIpc) is 2.44. The van der Waals surface area contributed by atoms with E-state index in [4.69, 9.17) is 0 Å². The maximum atomic E-state index is 12.8. The summed E-state index contributed by atoms with van der Waals surface area (Å²) < 4.78 is 39.6. The zero-order chi connectivity index (χ0) is 16.2. The van der Waals surface area contributed by atoms with Crippen molar-refractivity contribution in [2.45, 2.75) is 25.9 Å². The van der Waals surface area contributed by atoms with Crippen LogP contribution in [0.2, 0.25) is 0 Å². The molecule has 0 atom stereocenters. The highest BCUT2D eigenvalue weighted by Gasteiger charge is 2.32. The summed E-state index contributed by atoms with van der Waals surface area (Å²) in [6, 6.07) is 12.4. The minimum atomic E-state index is -4.31. The number of aryl methyl sites for hydroxylation is 2. The maximum Gasteiger partial charge on any atom is 0.416 e. The topological polar surface area (TPSA) is 12.0 Å². The lowest BCUT2D eigenvalue weighted by Gasteiger charge is -2.13. The van der Waals surface area contributed by atoms with Crippen molar-refractivity contribution in [2.75, 3.05) is 11.9 Å². The molecule has 2 aromatic rings. The minimum absolute atomic E-state index is 0.243. The highest BCUT2D eigenvalue weighted by Crippen LogP contribution is 2.33. The average molecular weight is 372 g/mol. The molecule has 0 saturated heterocycles. The Labute approximate surface area is 136 Å². The van der Waals surface area contributed by atoms with Crippen LogP contribution in [0.3, 0.4) is 0 Å². The van der Waals surface area contributed by atoms with Crippen molar-refractivity contribution in [1.29, 1.82) is 0 Å². The van der Waals surface area contributed by atoms with E-state index in [0.29, 0.717) is 12.2 Å². The Bertz CT molecular complexity index is 638. The van der Waals surface area contributed by atoms with Gasteiger partial charge in [-0.1, -0.05) is 34.1 Å². The summed E-state index contributed by atoms with van der Waals surface area (Å²) in [6.07, 6.45) is -2.58. The maximum absolute atomic E-state index is 12.8. The van der Waals surface area contributed by atoms with E-state index in [0.717, 1.165) is 17.3 Å². The minimum Gasteiger partial charge on any atom is -0.385 e. The van der Waals surface area contributed by atoms with Gasteiger partial charge in [-0.3, -0.25) is 0 Å². The lowest BCUT2D eigenvalue weighted by molar-refractivity contribution is -0.138. The van der Waals surface area contributed by atoms with Gasteiger partial charge in [-0.15, -0.1) is 0 Å². The van der Waals surface area contributed by atoms with Crippen molar-refractivity contribution in [3.63, 3.8) is 0 Å². The van der Waals surface area contributed by atoms with Gasteiger partial charge in [0.05, 0.1) is 5.56 Å².